The first-order chi connectivity index (χ1) is 11.0. The topological polar surface area (TPSA) is 71.3 Å². The molecule has 0 aliphatic heterocycles. The van der Waals surface area contributed by atoms with Gasteiger partial charge in [0.15, 0.2) is 5.76 Å². The minimum Gasteiger partial charge on any atom is -0.459 e. The van der Waals surface area contributed by atoms with Gasteiger partial charge in [-0.05, 0) is 36.2 Å². The van der Waals surface area contributed by atoms with E-state index < -0.39 is 11.9 Å². The number of furan rings is 1. The second-order valence-electron chi connectivity index (χ2n) is 5.39. The Morgan fingerprint density at radius 2 is 2.00 bits per heavy atom. The van der Waals surface area contributed by atoms with Crippen LogP contribution in [0.1, 0.15) is 30.0 Å². The summed E-state index contributed by atoms with van der Waals surface area (Å²) in [5.74, 6) is 1.84. The number of benzene rings is 1. The molecule has 2 N–H and O–H groups in total. The van der Waals surface area contributed by atoms with E-state index in [9.17, 15) is 9.59 Å². The molecule has 0 saturated carbocycles. The third-order valence-corrected chi connectivity index (χ3v) is 3.28. The van der Waals surface area contributed by atoms with Crippen LogP contribution in [0.3, 0.4) is 0 Å². The van der Waals surface area contributed by atoms with Crippen molar-refractivity contribution in [1.29, 1.82) is 0 Å². The third kappa shape index (κ3) is 4.24. The van der Waals surface area contributed by atoms with Crippen molar-refractivity contribution in [2.75, 3.05) is 5.32 Å². The van der Waals surface area contributed by atoms with Gasteiger partial charge < -0.3 is 15.1 Å². The van der Waals surface area contributed by atoms with Crippen molar-refractivity contribution in [3.8, 4) is 12.3 Å². The van der Waals surface area contributed by atoms with Crippen molar-refractivity contribution in [3.63, 3.8) is 0 Å². The maximum Gasteiger partial charge on any atom is 0.287 e. The standard InChI is InChI=1S/C18H18N2O3/c1-4-13-7-5-8-14(11-13)19-18(22)16(12(2)3)20-17(21)15-9-6-10-23-15/h1,5-12,16H,2-3H3,(H,19,22)(H,20,21). The Morgan fingerprint density at radius 1 is 1.22 bits per heavy atom. The van der Waals surface area contributed by atoms with E-state index in [4.69, 9.17) is 10.8 Å². The molecule has 1 aromatic heterocycles. The summed E-state index contributed by atoms with van der Waals surface area (Å²) in [5.41, 5.74) is 1.26. The highest BCUT2D eigenvalue weighted by molar-refractivity contribution is 6.00. The lowest BCUT2D eigenvalue weighted by atomic mass is 10.0. The fourth-order valence-corrected chi connectivity index (χ4v) is 2.06. The normalized spacial score (nSPS) is 11.6. The predicted octanol–water partition coefficient (Wildman–Crippen LogP) is 2.65. The highest BCUT2D eigenvalue weighted by Crippen LogP contribution is 2.12. The highest BCUT2D eigenvalue weighted by Gasteiger charge is 2.25. The molecule has 5 nitrogen and oxygen atoms in total. The van der Waals surface area contributed by atoms with Crippen LogP contribution >= 0.6 is 0 Å². The van der Waals surface area contributed by atoms with E-state index in [2.05, 4.69) is 16.6 Å². The smallest absolute Gasteiger partial charge is 0.287 e. The molecule has 5 heteroatoms. The van der Waals surface area contributed by atoms with Crippen LogP contribution in [0.5, 0.6) is 0 Å². The quantitative estimate of drug-likeness (QED) is 0.834. The Bertz CT molecular complexity index is 727. The molecular formula is C18H18N2O3. The van der Waals surface area contributed by atoms with Gasteiger partial charge in [0.1, 0.15) is 6.04 Å². The molecule has 23 heavy (non-hydrogen) atoms. The van der Waals surface area contributed by atoms with Gasteiger partial charge in [-0.25, -0.2) is 0 Å². The number of hydrogen-bond acceptors (Lipinski definition) is 3. The van der Waals surface area contributed by atoms with Crippen LogP contribution in [0, 0.1) is 18.3 Å². The zero-order chi connectivity index (χ0) is 16.8. The van der Waals surface area contributed by atoms with Gasteiger partial charge >= 0.3 is 0 Å². The fraction of sp³-hybridized carbons (Fsp3) is 0.222. The average molecular weight is 310 g/mol. The van der Waals surface area contributed by atoms with Crippen molar-refractivity contribution in [3.05, 3.63) is 54.0 Å². The second kappa shape index (κ2) is 7.32. The first kappa shape index (κ1) is 16.4. The third-order valence-electron chi connectivity index (χ3n) is 3.28. The Labute approximate surface area is 135 Å². The summed E-state index contributed by atoms with van der Waals surface area (Å²) in [6.45, 7) is 3.70. The van der Waals surface area contributed by atoms with Crippen molar-refractivity contribution < 1.29 is 14.0 Å². The van der Waals surface area contributed by atoms with Crippen LogP contribution in [0.4, 0.5) is 5.69 Å². The van der Waals surface area contributed by atoms with E-state index in [1.54, 1.807) is 36.4 Å². The van der Waals surface area contributed by atoms with E-state index in [-0.39, 0.29) is 17.6 Å². The zero-order valence-corrected chi connectivity index (χ0v) is 13.0. The number of carbonyl (C=O) groups excluding carboxylic acids is 2. The molecule has 1 heterocycles. The molecule has 1 aromatic carbocycles. The molecule has 0 aliphatic rings. The Hall–Kier alpha value is -3.00. The molecule has 0 radical (unpaired) electrons. The number of nitrogens with one attached hydrogen (secondary N) is 2. The Kier molecular flexibility index (Phi) is 5.21. The van der Waals surface area contributed by atoms with E-state index in [1.165, 1.54) is 6.26 Å². The van der Waals surface area contributed by atoms with Crippen LogP contribution < -0.4 is 10.6 Å². The van der Waals surface area contributed by atoms with Gasteiger partial charge in [-0.3, -0.25) is 9.59 Å². The SMILES string of the molecule is C#Cc1cccc(NC(=O)C(NC(=O)c2ccco2)C(C)C)c1. The molecule has 0 saturated heterocycles. The molecule has 0 bridgehead atoms. The summed E-state index contributed by atoms with van der Waals surface area (Å²) >= 11 is 0. The van der Waals surface area contributed by atoms with Crippen molar-refractivity contribution in [2.45, 2.75) is 19.9 Å². The first-order valence-corrected chi connectivity index (χ1v) is 7.23. The molecule has 2 aromatic rings. The number of carbonyl (C=O) groups is 2. The summed E-state index contributed by atoms with van der Waals surface area (Å²) in [7, 11) is 0. The summed E-state index contributed by atoms with van der Waals surface area (Å²) in [6.07, 6.45) is 6.75. The monoisotopic (exact) mass is 310 g/mol. The van der Waals surface area contributed by atoms with Crippen molar-refractivity contribution in [1.82, 2.24) is 5.32 Å². The molecule has 0 spiro atoms. The average Bonchev–Trinajstić information content (AvgIpc) is 3.06. The van der Waals surface area contributed by atoms with Gasteiger partial charge in [-0.2, -0.15) is 0 Å². The second-order valence-corrected chi connectivity index (χ2v) is 5.39. The lowest BCUT2D eigenvalue weighted by molar-refractivity contribution is -0.118. The van der Waals surface area contributed by atoms with Crippen LogP contribution in [-0.2, 0) is 4.79 Å². The minimum absolute atomic E-state index is 0.0928. The Balaban J connectivity index is 2.09. The molecule has 0 aliphatic carbocycles. The summed E-state index contributed by atoms with van der Waals surface area (Å²) in [6, 6.07) is 9.44. The number of anilines is 1. The number of amides is 2. The number of rotatable bonds is 5. The fourth-order valence-electron chi connectivity index (χ4n) is 2.06. The van der Waals surface area contributed by atoms with E-state index >= 15 is 0 Å². The molecule has 118 valence electrons. The minimum atomic E-state index is -0.693. The van der Waals surface area contributed by atoms with Crippen molar-refractivity contribution in [2.24, 2.45) is 5.92 Å². The van der Waals surface area contributed by atoms with E-state index in [0.29, 0.717) is 11.3 Å². The van der Waals surface area contributed by atoms with Gasteiger partial charge in [-0.1, -0.05) is 25.8 Å². The summed E-state index contributed by atoms with van der Waals surface area (Å²) in [5, 5.41) is 5.45. The van der Waals surface area contributed by atoms with Crippen LogP contribution in [-0.4, -0.2) is 17.9 Å². The van der Waals surface area contributed by atoms with Gasteiger partial charge in [0.2, 0.25) is 5.91 Å². The van der Waals surface area contributed by atoms with Crippen molar-refractivity contribution >= 4 is 17.5 Å². The van der Waals surface area contributed by atoms with Crippen LogP contribution in [0.25, 0.3) is 0 Å². The predicted molar refractivity (Wildman–Crippen MR) is 87.8 cm³/mol. The molecular weight excluding hydrogens is 292 g/mol. The van der Waals surface area contributed by atoms with Crippen LogP contribution in [0.15, 0.2) is 47.1 Å². The summed E-state index contributed by atoms with van der Waals surface area (Å²) in [4.78, 5) is 24.5. The molecule has 2 amide bonds. The molecule has 2 rings (SSSR count). The zero-order valence-electron chi connectivity index (χ0n) is 13.0. The first-order valence-electron chi connectivity index (χ1n) is 7.23. The molecule has 1 atom stereocenters. The number of terminal acetylenes is 1. The lowest BCUT2D eigenvalue weighted by Crippen LogP contribution is -2.47. The van der Waals surface area contributed by atoms with E-state index in [0.717, 1.165) is 0 Å². The van der Waals surface area contributed by atoms with Gasteiger partial charge in [0.25, 0.3) is 5.91 Å². The van der Waals surface area contributed by atoms with Gasteiger partial charge in [0, 0.05) is 11.3 Å². The van der Waals surface area contributed by atoms with E-state index in [1.807, 2.05) is 13.8 Å². The maximum atomic E-state index is 12.5. The summed E-state index contributed by atoms with van der Waals surface area (Å²) < 4.78 is 5.04. The largest absolute Gasteiger partial charge is 0.459 e. The van der Waals surface area contributed by atoms with Gasteiger partial charge in [0.05, 0.1) is 6.26 Å². The van der Waals surface area contributed by atoms with Gasteiger partial charge in [-0.15, -0.1) is 6.42 Å². The Morgan fingerprint density at radius 3 is 2.61 bits per heavy atom. The van der Waals surface area contributed by atoms with Crippen LogP contribution in [0.2, 0.25) is 0 Å². The molecule has 0 fully saturated rings. The number of hydrogen-bond donors (Lipinski definition) is 2. The lowest BCUT2D eigenvalue weighted by Gasteiger charge is -2.21. The highest BCUT2D eigenvalue weighted by atomic mass is 16.3. The molecule has 1 unspecified atom stereocenters. The maximum absolute atomic E-state index is 12.5.